The molecule has 3 saturated carbocycles. The van der Waals surface area contributed by atoms with Gasteiger partial charge in [-0.05, 0) is 74.2 Å². The summed E-state index contributed by atoms with van der Waals surface area (Å²) in [4.78, 5) is 32.2. The average Bonchev–Trinajstić information content (AvgIpc) is 3.39. The Morgan fingerprint density at radius 2 is 2.00 bits per heavy atom. The van der Waals surface area contributed by atoms with Gasteiger partial charge in [0.05, 0.1) is 6.10 Å². The molecule has 0 aromatic carbocycles. The van der Waals surface area contributed by atoms with Gasteiger partial charge < -0.3 is 10.2 Å². The van der Waals surface area contributed by atoms with Crippen molar-refractivity contribution in [3.8, 4) is 0 Å². The van der Waals surface area contributed by atoms with E-state index in [-0.39, 0.29) is 30.1 Å². The Bertz CT molecular complexity index is 1210. The van der Waals surface area contributed by atoms with Gasteiger partial charge in [-0.2, -0.15) is 5.06 Å². The molecule has 0 aromatic rings. The van der Waals surface area contributed by atoms with Crippen LogP contribution >= 0.6 is 0 Å². The fourth-order valence-electron chi connectivity index (χ4n) is 9.37. The molecule has 8 heteroatoms. The molecule has 6 nitrogen and oxygen atoms in total. The topological polar surface area (TPSA) is 87.1 Å². The fraction of sp³-hybridized carbons (Fsp3) is 0.677. The third-order valence-corrected chi connectivity index (χ3v) is 11.4. The zero-order chi connectivity index (χ0) is 28.0. The lowest BCUT2D eigenvalue weighted by Gasteiger charge is -2.63. The largest absolute Gasteiger partial charge is 0.390 e. The highest BCUT2D eigenvalue weighted by molar-refractivity contribution is 6.01. The zero-order valence-electron chi connectivity index (χ0n) is 22.9. The van der Waals surface area contributed by atoms with Gasteiger partial charge in [-0.15, -0.1) is 0 Å². The molecule has 6 rings (SSSR count). The van der Waals surface area contributed by atoms with Crippen LogP contribution in [0.25, 0.3) is 0 Å². The van der Waals surface area contributed by atoms with Crippen molar-refractivity contribution < 1.29 is 33.4 Å². The van der Waals surface area contributed by atoms with Crippen molar-refractivity contribution in [3.63, 3.8) is 0 Å². The molecule has 1 unspecified atom stereocenters. The van der Waals surface area contributed by atoms with Crippen molar-refractivity contribution in [2.45, 2.75) is 76.4 Å². The molecule has 0 spiro atoms. The Hall–Kier alpha value is -2.00. The standard InChI is InChI=1S/C31H39F2NO5/c1-4-18-5-7-19(8-6-18)15-34-16-20-11-22-23-13-25(32)24-12-21(36)9-10-28(24,2)30(23,33)26(37)14-29(22,3)31(20,39-34)27(38)17-35/h5,7-10,12,18,20,22-23,25-26,35,37H,4,6,11,13-17H2,1-3H3/t18?,20-,22-,23-,25-,26-,28-,29-,30-,31-/m0/s1. The minimum atomic E-state index is -2.21. The average molecular weight is 544 g/mol. The number of nitrogens with zero attached hydrogens (tertiary/aromatic N) is 1. The van der Waals surface area contributed by atoms with Crippen molar-refractivity contribution in [1.29, 1.82) is 0 Å². The Kier molecular flexibility index (Phi) is 6.27. The van der Waals surface area contributed by atoms with Gasteiger partial charge in [0.25, 0.3) is 0 Å². The van der Waals surface area contributed by atoms with E-state index in [4.69, 9.17) is 4.84 Å². The van der Waals surface area contributed by atoms with Crippen molar-refractivity contribution >= 4 is 11.6 Å². The third-order valence-electron chi connectivity index (χ3n) is 11.4. The molecule has 1 saturated heterocycles. The second-order valence-corrected chi connectivity index (χ2v) is 13.1. The normalized spacial score (nSPS) is 48.6. The molecule has 10 atom stereocenters. The van der Waals surface area contributed by atoms with Gasteiger partial charge in [-0.1, -0.05) is 38.2 Å². The molecular formula is C31H39F2NO5. The van der Waals surface area contributed by atoms with E-state index in [1.54, 1.807) is 12.0 Å². The van der Waals surface area contributed by atoms with Gasteiger partial charge in [0.2, 0.25) is 0 Å². The highest BCUT2D eigenvalue weighted by Gasteiger charge is 2.79. The summed E-state index contributed by atoms with van der Waals surface area (Å²) in [6.45, 7) is 5.77. The summed E-state index contributed by atoms with van der Waals surface area (Å²) >= 11 is 0. The summed E-state index contributed by atoms with van der Waals surface area (Å²) in [7, 11) is 0. The number of allylic oxidation sites excluding steroid dienone is 6. The number of aliphatic hydroxyl groups excluding tert-OH is 2. The van der Waals surface area contributed by atoms with Crippen LogP contribution in [0.1, 0.15) is 52.9 Å². The number of halogens is 2. The predicted octanol–water partition coefficient (Wildman–Crippen LogP) is 3.99. The maximum Gasteiger partial charge on any atom is 0.192 e. The van der Waals surface area contributed by atoms with Gasteiger partial charge in [0, 0.05) is 35.8 Å². The predicted molar refractivity (Wildman–Crippen MR) is 141 cm³/mol. The molecule has 1 heterocycles. The number of fused-ring (bicyclic) bond motifs is 7. The Balaban J connectivity index is 1.35. The first-order valence-corrected chi connectivity index (χ1v) is 14.4. The Morgan fingerprint density at radius 3 is 2.67 bits per heavy atom. The van der Waals surface area contributed by atoms with Gasteiger partial charge in [-0.25, -0.2) is 8.78 Å². The summed E-state index contributed by atoms with van der Waals surface area (Å²) in [6.07, 6.45) is 9.51. The molecule has 39 heavy (non-hydrogen) atoms. The van der Waals surface area contributed by atoms with Crippen LogP contribution in [-0.2, 0) is 14.4 Å². The summed E-state index contributed by atoms with van der Waals surface area (Å²) < 4.78 is 33.2. The van der Waals surface area contributed by atoms with Crippen LogP contribution in [0.3, 0.4) is 0 Å². The van der Waals surface area contributed by atoms with E-state index >= 15 is 8.78 Å². The first kappa shape index (κ1) is 27.2. The summed E-state index contributed by atoms with van der Waals surface area (Å²) in [5, 5.41) is 23.5. The molecule has 4 fully saturated rings. The van der Waals surface area contributed by atoms with Crippen molar-refractivity contribution in [2.24, 2.45) is 34.5 Å². The molecule has 6 aliphatic rings. The van der Waals surface area contributed by atoms with Crippen molar-refractivity contribution in [1.82, 2.24) is 5.06 Å². The number of ketones is 2. The lowest BCUT2D eigenvalue weighted by Crippen LogP contribution is -2.70. The second-order valence-electron chi connectivity index (χ2n) is 13.1. The number of hydrogen-bond acceptors (Lipinski definition) is 6. The fourth-order valence-corrected chi connectivity index (χ4v) is 9.37. The smallest absolute Gasteiger partial charge is 0.192 e. The first-order chi connectivity index (χ1) is 18.4. The minimum absolute atomic E-state index is 0.0663. The van der Waals surface area contributed by atoms with E-state index in [2.05, 4.69) is 25.2 Å². The molecule has 5 aliphatic carbocycles. The minimum Gasteiger partial charge on any atom is -0.390 e. The molecule has 0 amide bonds. The second kappa shape index (κ2) is 9.00. The summed E-state index contributed by atoms with van der Waals surface area (Å²) in [5.74, 6) is -2.00. The number of aliphatic hydroxyl groups is 2. The van der Waals surface area contributed by atoms with Crippen molar-refractivity contribution in [2.75, 3.05) is 19.7 Å². The third kappa shape index (κ3) is 3.44. The van der Waals surface area contributed by atoms with Crippen LogP contribution in [0, 0.1) is 34.5 Å². The van der Waals surface area contributed by atoms with E-state index in [1.807, 2.05) is 6.92 Å². The maximum atomic E-state index is 17.4. The Labute approximate surface area is 228 Å². The molecular weight excluding hydrogens is 504 g/mol. The number of Topliss-reactive ketones (excluding diaryl/α,β-unsaturated/α-hetero) is 1. The molecule has 1 aliphatic heterocycles. The van der Waals surface area contributed by atoms with E-state index in [1.165, 1.54) is 18.2 Å². The molecule has 0 aromatic heterocycles. The molecule has 212 valence electrons. The lowest BCUT2D eigenvalue weighted by molar-refractivity contribution is -0.265. The van der Waals surface area contributed by atoms with Gasteiger partial charge >= 0.3 is 0 Å². The summed E-state index contributed by atoms with van der Waals surface area (Å²) in [6, 6.07) is 0. The van der Waals surface area contributed by atoms with E-state index in [0.717, 1.165) is 18.4 Å². The van der Waals surface area contributed by atoms with E-state index in [9.17, 15) is 19.8 Å². The van der Waals surface area contributed by atoms with E-state index < -0.39 is 58.6 Å². The number of hydrogen-bond donors (Lipinski definition) is 2. The van der Waals surface area contributed by atoms with Crippen LogP contribution in [0.5, 0.6) is 0 Å². The van der Waals surface area contributed by atoms with Crippen LogP contribution in [0.2, 0.25) is 0 Å². The summed E-state index contributed by atoms with van der Waals surface area (Å²) in [5.41, 5.74) is -4.95. The number of rotatable bonds is 5. The van der Waals surface area contributed by atoms with Gasteiger partial charge in [0.1, 0.15) is 12.8 Å². The lowest BCUT2D eigenvalue weighted by atomic mass is 9.44. The van der Waals surface area contributed by atoms with Crippen molar-refractivity contribution in [3.05, 3.63) is 47.6 Å². The molecule has 0 bridgehead atoms. The van der Waals surface area contributed by atoms with Crippen LogP contribution < -0.4 is 0 Å². The number of carbonyl (C=O) groups excluding carboxylic acids is 2. The first-order valence-electron chi connectivity index (χ1n) is 14.4. The van der Waals surface area contributed by atoms with Gasteiger partial charge in [0.15, 0.2) is 22.8 Å². The Morgan fingerprint density at radius 1 is 1.23 bits per heavy atom. The maximum absolute atomic E-state index is 17.4. The highest BCUT2D eigenvalue weighted by Crippen LogP contribution is 2.72. The number of hydroxylamine groups is 2. The number of carbonyl (C=O) groups is 2. The van der Waals surface area contributed by atoms with Crippen LogP contribution in [-0.4, -0.2) is 70.1 Å². The van der Waals surface area contributed by atoms with E-state index in [0.29, 0.717) is 25.4 Å². The number of alkyl halides is 2. The molecule has 0 radical (unpaired) electrons. The highest BCUT2D eigenvalue weighted by atomic mass is 19.1. The van der Waals surface area contributed by atoms with Gasteiger partial charge in [-0.3, -0.25) is 14.4 Å². The van der Waals surface area contributed by atoms with Crippen LogP contribution in [0.4, 0.5) is 8.78 Å². The molecule has 2 N–H and O–H groups in total. The monoisotopic (exact) mass is 543 g/mol. The SMILES string of the molecule is CCC1C=CC(CN2C[C@@H]3C[C@H]4[C@@H]5C[C@H](F)C6=CC(=O)C=C[C@]6(C)[C@@]5(F)[C@@H](O)C[C@]4(C)[C@]3(C(=O)CO)O2)=CC1. The van der Waals surface area contributed by atoms with Crippen LogP contribution in [0.15, 0.2) is 47.6 Å². The quantitative estimate of drug-likeness (QED) is 0.546. The zero-order valence-corrected chi connectivity index (χ0v) is 22.9.